The van der Waals surface area contributed by atoms with Gasteiger partial charge in [-0.25, -0.2) is 0 Å². The van der Waals surface area contributed by atoms with Crippen LogP contribution in [0.15, 0.2) is 0 Å². The van der Waals surface area contributed by atoms with Crippen molar-refractivity contribution in [3.63, 3.8) is 0 Å². The first kappa shape index (κ1) is 18.3. The third kappa shape index (κ3) is 8.89. The van der Waals surface area contributed by atoms with Crippen LogP contribution in [0.4, 0.5) is 0 Å². The average molecular weight is 271 g/mol. The number of hydrogen-bond acceptors (Lipinski definition) is 4. The fourth-order valence-electron chi connectivity index (χ4n) is 2.07. The van der Waals surface area contributed by atoms with Crippen molar-refractivity contribution >= 4 is 12.1 Å². The van der Waals surface area contributed by atoms with Gasteiger partial charge in [-0.2, -0.15) is 0 Å². The van der Waals surface area contributed by atoms with Crippen molar-refractivity contribution in [3.8, 4) is 0 Å². The molecule has 4 nitrogen and oxygen atoms in total. The maximum absolute atomic E-state index is 11.7. The fourth-order valence-corrected chi connectivity index (χ4v) is 2.07. The molecule has 1 radical (unpaired) electrons. The molecule has 0 aliphatic carbocycles. The van der Waals surface area contributed by atoms with Crippen LogP contribution in [-0.4, -0.2) is 35.0 Å². The zero-order valence-electron chi connectivity index (χ0n) is 11.9. The van der Waals surface area contributed by atoms with Crippen molar-refractivity contribution in [3.05, 3.63) is 0 Å². The summed E-state index contributed by atoms with van der Waals surface area (Å²) in [6, 6.07) is 0. The van der Waals surface area contributed by atoms with Crippen molar-refractivity contribution in [2.75, 3.05) is 6.61 Å². The normalized spacial score (nSPS) is 14.1. The highest BCUT2D eigenvalue weighted by atomic mass is 16.3. The maximum Gasteiger partial charge on any atom is 0.212 e. The summed E-state index contributed by atoms with van der Waals surface area (Å²) in [6.07, 6.45) is 8.62. The lowest BCUT2D eigenvalue weighted by Crippen LogP contribution is -2.30. The van der Waals surface area contributed by atoms with Crippen molar-refractivity contribution in [1.82, 2.24) is 0 Å². The number of ketones is 1. The monoisotopic (exact) mass is 271 g/mol. The number of unbranched alkanes of at least 4 members (excludes halogenated alkanes) is 6. The molecule has 0 spiro atoms. The molecule has 4 heteroatoms. The Labute approximate surface area is 116 Å². The smallest absolute Gasteiger partial charge is 0.212 e. The molecule has 0 aliphatic rings. The van der Waals surface area contributed by atoms with E-state index in [0.717, 1.165) is 19.3 Å². The van der Waals surface area contributed by atoms with Crippen molar-refractivity contribution in [2.45, 2.75) is 70.8 Å². The van der Waals surface area contributed by atoms with E-state index in [1.807, 2.05) is 0 Å². The third-order valence-electron chi connectivity index (χ3n) is 3.31. The van der Waals surface area contributed by atoms with Crippen LogP contribution in [0, 0.1) is 5.92 Å². The molecule has 111 valence electrons. The van der Waals surface area contributed by atoms with Crippen LogP contribution in [0.25, 0.3) is 0 Å². The van der Waals surface area contributed by atoms with Crippen LogP contribution in [0.5, 0.6) is 0 Å². The molecule has 0 bridgehead atoms. The predicted molar refractivity (Wildman–Crippen MR) is 74.5 cm³/mol. The molecule has 0 saturated heterocycles. The highest BCUT2D eigenvalue weighted by Gasteiger charge is 2.26. The number of carbonyl (C=O) groups excluding carboxylic acids is 2. The average Bonchev–Trinajstić information content (AvgIpc) is 2.39. The zero-order chi connectivity index (χ0) is 14.5. The molecule has 2 N–H and O–H groups in total. The van der Waals surface area contributed by atoms with Crippen LogP contribution >= 0.6 is 0 Å². The van der Waals surface area contributed by atoms with Gasteiger partial charge in [-0.05, 0) is 12.8 Å². The molecular formula is C15H27O4. The van der Waals surface area contributed by atoms with Gasteiger partial charge in [-0.1, -0.05) is 45.4 Å². The van der Waals surface area contributed by atoms with Gasteiger partial charge in [-0.3, -0.25) is 9.59 Å². The van der Waals surface area contributed by atoms with E-state index < -0.39 is 12.0 Å². The number of rotatable bonds is 13. The maximum atomic E-state index is 11.7. The molecule has 2 unspecified atom stereocenters. The van der Waals surface area contributed by atoms with E-state index in [0.29, 0.717) is 6.42 Å². The highest BCUT2D eigenvalue weighted by molar-refractivity contribution is 5.94. The minimum absolute atomic E-state index is 0.0443. The fraction of sp³-hybridized carbons (Fsp3) is 0.867. The standard InChI is InChI=1S/C15H27O4/c1-2-3-4-5-6-7-8-9-14(18)13(12-17)15(19)10-11-16/h13,15-16,19H,2-11H2,1H3. The molecule has 19 heavy (non-hydrogen) atoms. The van der Waals surface area contributed by atoms with Gasteiger partial charge in [0.1, 0.15) is 11.7 Å². The molecule has 0 amide bonds. The van der Waals surface area contributed by atoms with Gasteiger partial charge in [0.25, 0.3) is 0 Å². The summed E-state index contributed by atoms with van der Waals surface area (Å²) in [4.78, 5) is 22.4. The highest BCUT2D eigenvalue weighted by Crippen LogP contribution is 2.13. The van der Waals surface area contributed by atoms with Gasteiger partial charge >= 0.3 is 0 Å². The van der Waals surface area contributed by atoms with E-state index >= 15 is 0 Å². The molecule has 0 heterocycles. The van der Waals surface area contributed by atoms with Gasteiger partial charge in [0.2, 0.25) is 6.29 Å². The van der Waals surface area contributed by atoms with Crippen LogP contribution in [0.3, 0.4) is 0 Å². The molecule has 0 rings (SSSR count). The van der Waals surface area contributed by atoms with Crippen LogP contribution in [0.1, 0.15) is 64.7 Å². The van der Waals surface area contributed by atoms with Crippen molar-refractivity contribution in [2.24, 2.45) is 5.92 Å². The lowest BCUT2D eigenvalue weighted by Gasteiger charge is -2.14. The Kier molecular flexibility index (Phi) is 11.8. The van der Waals surface area contributed by atoms with Crippen molar-refractivity contribution < 1.29 is 19.8 Å². The van der Waals surface area contributed by atoms with Gasteiger partial charge in [-0.15, -0.1) is 0 Å². The molecule has 0 aromatic heterocycles. The lowest BCUT2D eigenvalue weighted by atomic mass is 9.93. The number of aliphatic hydroxyl groups excluding tert-OH is 2. The van der Waals surface area contributed by atoms with E-state index in [-0.39, 0.29) is 18.8 Å². The molecule has 0 aromatic rings. The minimum atomic E-state index is -1.10. The van der Waals surface area contributed by atoms with Crippen LogP contribution in [0.2, 0.25) is 0 Å². The molecule has 0 saturated carbocycles. The van der Waals surface area contributed by atoms with E-state index in [4.69, 9.17) is 5.11 Å². The summed E-state index contributed by atoms with van der Waals surface area (Å²) in [5.41, 5.74) is 0. The number of aliphatic hydroxyl groups is 2. The quantitative estimate of drug-likeness (QED) is 0.397. The SMILES string of the molecule is CCCCCCCCCC(=O)C([C]=O)C(O)CCO. The summed E-state index contributed by atoms with van der Waals surface area (Å²) in [7, 11) is 0. The number of Topliss-reactive ketones (excluding diaryl/α,β-unsaturated/α-hetero) is 1. The molecule has 0 aromatic carbocycles. The second-order valence-electron chi connectivity index (χ2n) is 5.01. The minimum Gasteiger partial charge on any atom is -0.396 e. The summed E-state index contributed by atoms with van der Waals surface area (Å²) >= 11 is 0. The third-order valence-corrected chi connectivity index (χ3v) is 3.31. The first-order chi connectivity index (χ1) is 9.17. The van der Waals surface area contributed by atoms with E-state index in [2.05, 4.69) is 6.92 Å². The Morgan fingerprint density at radius 3 is 2.21 bits per heavy atom. The first-order valence-electron chi connectivity index (χ1n) is 7.36. The Morgan fingerprint density at radius 1 is 1.11 bits per heavy atom. The topological polar surface area (TPSA) is 74.6 Å². The Bertz CT molecular complexity index is 240. The molecular weight excluding hydrogens is 244 g/mol. The summed E-state index contributed by atoms with van der Waals surface area (Å²) in [5, 5.41) is 18.2. The summed E-state index contributed by atoms with van der Waals surface area (Å²) in [5.74, 6) is -1.35. The number of hydrogen-bond donors (Lipinski definition) is 2. The summed E-state index contributed by atoms with van der Waals surface area (Å²) in [6.45, 7) is 1.94. The first-order valence-corrected chi connectivity index (χ1v) is 7.36. The molecule has 0 fully saturated rings. The Morgan fingerprint density at radius 2 is 1.68 bits per heavy atom. The van der Waals surface area contributed by atoms with Crippen LogP contribution < -0.4 is 0 Å². The van der Waals surface area contributed by atoms with Crippen LogP contribution in [-0.2, 0) is 9.59 Å². The second-order valence-corrected chi connectivity index (χ2v) is 5.01. The molecule has 0 aliphatic heterocycles. The Hall–Kier alpha value is -0.740. The lowest BCUT2D eigenvalue weighted by molar-refractivity contribution is -0.123. The van der Waals surface area contributed by atoms with Crippen molar-refractivity contribution in [1.29, 1.82) is 0 Å². The summed E-state index contributed by atoms with van der Waals surface area (Å²) < 4.78 is 0. The zero-order valence-corrected chi connectivity index (χ0v) is 11.9. The second kappa shape index (κ2) is 12.3. The van der Waals surface area contributed by atoms with E-state index in [1.165, 1.54) is 25.7 Å². The van der Waals surface area contributed by atoms with E-state index in [9.17, 15) is 14.7 Å². The molecule has 2 atom stereocenters. The van der Waals surface area contributed by atoms with Gasteiger partial charge in [0.15, 0.2) is 0 Å². The van der Waals surface area contributed by atoms with Gasteiger partial charge in [0, 0.05) is 13.0 Å². The number of carbonyl (C=O) groups is 1. The predicted octanol–water partition coefficient (Wildman–Crippen LogP) is 2.17. The largest absolute Gasteiger partial charge is 0.396 e. The Balaban J connectivity index is 3.73. The van der Waals surface area contributed by atoms with Gasteiger partial charge < -0.3 is 10.2 Å². The van der Waals surface area contributed by atoms with Gasteiger partial charge in [0.05, 0.1) is 6.10 Å². The van der Waals surface area contributed by atoms with E-state index in [1.54, 1.807) is 6.29 Å².